The first-order valence-corrected chi connectivity index (χ1v) is 14.1. The number of rotatable bonds is 11. The Morgan fingerprint density at radius 1 is 1.08 bits per heavy atom. The summed E-state index contributed by atoms with van der Waals surface area (Å²) in [5.41, 5.74) is 4.82. The summed E-state index contributed by atoms with van der Waals surface area (Å²) in [7, 11) is 0. The number of aryl methyl sites for hydroxylation is 2. The number of carbonyl (C=O) groups excluding carboxylic acids is 1. The predicted octanol–water partition coefficient (Wildman–Crippen LogP) is 6.76. The number of ether oxygens (including phenoxy) is 1. The summed E-state index contributed by atoms with van der Waals surface area (Å²) in [5, 5.41) is 15.4. The molecule has 1 N–H and O–H groups in total. The van der Waals surface area contributed by atoms with Crippen molar-refractivity contribution in [1.82, 2.24) is 30.2 Å². The van der Waals surface area contributed by atoms with Crippen molar-refractivity contribution >= 4 is 32.9 Å². The average Bonchev–Trinajstić information content (AvgIpc) is 3.67. The largest absolute Gasteiger partial charge is 0.461 e. The molecule has 0 aliphatic rings. The van der Waals surface area contributed by atoms with Crippen LogP contribution in [0.1, 0.15) is 67.6 Å². The number of fused-ring (bicyclic) bond motifs is 1. The van der Waals surface area contributed by atoms with Crippen molar-refractivity contribution in [2.24, 2.45) is 0 Å². The lowest BCUT2D eigenvalue weighted by molar-refractivity contribution is 0.0512. The Labute approximate surface area is 235 Å². The van der Waals surface area contributed by atoms with Gasteiger partial charge in [-0.15, -0.1) is 10.2 Å². The molecule has 202 valence electrons. The standard InChI is InChI=1S/C29H31BrN6O3/c1-4-7-13-24-31-22(10-5-2)26(29(37)38-6-3)36(24)17-18-14-15-23-21(16-18)25(30)27(39-23)19-11-8-9-12-20(19)28-32-34-35-33-28/h8-9,11-12,14-16H,4-7,10,13,17H2,1-3H3,(H,32,33,34,35). The number of esters is 1. The van der Waals surface area contributed by atoms with Crippen molar-refractivity contribution in [3.63, 3.8) is 0 Å². The second-order valence-corrected chi connectivity index (χ2v) is 10.1. The monoisotopic (exact) mass is 590 g/mol. The fraction of sp³-hybridized carbons (Fsp3) is 0.345. The van der Waals surface area contributed by atoms with Gasteiger partial charge < -0.3 is 13.7 Å². The van der Waals surface area contributed by atoms with Gasteiger partial charge in [0.2, 0.25) is 5.82 Å². The van der Waals surface area contributed by atoms with E-state index in [-0.39, 0.29) is 5.97 Å². The van der Waals surface area contributed by atoms with Crippen LogP contribution in [0.15, 0.2) is 51.4 Å². The number of hydrogen-bond donors (Lipinski definition) is 1. The van der Waals surface area contributed by atoms with E-state index in [1.54, 1.807) is 0 Å². The number of tetrazole rings is 1. The van der Waals surface area contributed by atoms with E-state index >= 15 is 0 Å². The van der Waals surface area contributed by atoms with Gasteiger partial charge in [0.1, 0.15) is 17.2 Å². The average molecular weight is 592 g/mol. The molecule has 5 aromatic rings. The smallest absolute Gasteiger partial charge is 0.356 e. The van der Waals surface area contributed by atoms with Crippen molar-refractivity contribution in [3.05, 3.63) is 69.7 Å². The third-order valence-corrected chi connectivity index (χ3v) is 7.41. The van der Waals surface area contributed by atoms with Crippen molar-refractivity contribution in [3.8, 4) is 22.7 Å². The molecule has 0 atom stereocenters. The molecule has 0 amide bonds. The SMILES string of the molecule is CCCCc1nc(CCC)c(C(=O)OCC)n1Cc1ccc2oc(-c3ccccc3-c3nn[nH]n3)c(Br)c2c1. The van der Waals surface area contributed by atoms with Gasteiger partial charge in [0.15, 0.2) is 5.69 Å². The molecule has 2 aromatic carbocycles. The maximum absolute atomic E-state index is 13.1. The van der Waals surface area contributed by atoms with Crippen LogP contribution in [0.3, 0.4) is 0 Å². The molecule has 0 unspecified atom stereocenters. The number of H-pyrrole nitrogens is 1. The maximum Gasteiger partial charge on any atom is 0.356 e. The third kappa shape index (κ3) is 5.38. The molecule has 0 saturated carbocycles. The third-order valence-electron chi connectivity index (χ3n) is 6.62. The number of aromatic nitrogens is 6. The lowest BCUT2D eigenvalue weighted by Gasteiger charge is -2.12. The summed E-state index contributed by atoms with van der Waals surface area (Å²) in [6, 6.07) is 13.9. The number of nitrogens with zero attached hydrogens (tertiary/aromatic N) is 5. The number of unbranched alkanes of at least 4 members (excludes halogenated alkanes) is 1. The zero-order valence-corrected chi connectivity index (χ0v) is 23.9. The Bertz CT molecular complexity index is 1590. The van der Waals surface area contributed by atoms with Gasteiger partial charge in [0, 0.05) is 29.5 Å². The molecule has 0 saturated heterocycles. The van der Waals surface area contributed by atoms with Crippen LogP contribution < -0.4 is 0 Å². The van der Waals surface area contributed by atoms with Gasteiger partial charge in [-0.05, 0) is 58.6 Å². The van der Waals surface area contributed by atoms with Gasteiger partial charge in [-0.25, -0.2) is 9.78 Å². The molecule has 3 heterocycles. The fourth-order valence-electron chi connectivity index (χ4n) is 4.81. The number of halogens is 1. The van der Waals surface area contributed by atoms with Crippen LogP contribution >= 0.6 is 15.9 Å². The highest BCUT2D eigenvalue weighted by molar-refractivity contribution is 9.10. The first kappa shape index (κ1) is 26.8. The lowest BCUT2D eigenvalue weighted by atomic mass is 10.0. The van der Waals surface area contributed by atoms with Crippen molar-refractivity contribution < 1.29 is 13.9 Å². The number of imidazole rings is 1. The normalized spacial score (nSPS) is 11.4. The summed E-state index contributed by atoms with van der Waals surface area (Å²) in [6.07, 6.45) is 4.49. The van der Waals surface area contributed by atoms with Crippen molar-refractivity contribution in [2.45, 2.75) is 59.4 Å². The molecule has 3 aromatic heterocycles. The van der Waals surface area contributed by atoms with E-state index in [0.29, 0.717) is 30.4 Å². The van der Waals surface area contributed by atoms with Crippen LogP contribution in [0, 0.1) is 0 Å². The summed E-state index contributed by atoms with van der Waals surface area (Å²) < 4.78 is 14.6. The highest BCUT2D eigenvalue weighted by atomic mass is 79.9. The van der Waals surface area contributed by atoms with E-state index < -0.39 is 0 Å². The number of aromatic amines is 1. The quantitative estimate of drug-likeness (QED) is 0.169. The second-order valence-electron chi connectivity index (χ2n) is 9.34. The lowest BCUT2D eigenvalue weighted by Crippen LogP contribution is -2.16. The minimum atomic E-state index is -0.317. The van der Waals surface area contributed by atoms with Gasteiger partial charge in [-0.1, -0.05) is 57.0 Å². The van der Waals surface area contributed by atoms with Crippen LogP contribution in [0.25, 0.3) is 33.7 Å². The Morgan fingerprint density at radius 3 is 2.62 bits per heavy atom. The zero-order chi connectivity index (χ0) is 27.4. The molecule has 0 spiro atoms. The van der Waals surface area contributed by atoms with Crippen molar-refractivity contribution in [1.29, 1.82) is 0 Å². The molecule has 0 bridgehead atoms. The predicted molar refractivity (Wildman–Crippen MR) is 152 cm³/mol. The van der Waals surface area contributed by atoms with Gasteiger partial charge in [0.25, 0.3) is 0 Å². The van der Waals surface area contributed by atoms with E-state index in [4.69, 9.17) is 14.1 Å². The van der Waals surface area contributed by atoms with Crippen LogP contribution in [0.5, 0.6) is 0 Å². The van der Waals surface area contributed by atoms with E-state index in [0.717, 1.165) is 75.8 Å². The van der Waals surface area contributed by atoms with Gasteiger partial charge in [0.05, 0.1) is 16.8 Å². The fourth-order valence-corrected chi connectivity index (χ4v) is 5.41. The molecule has 39 heavy (non-hydrogen) atoms. The van der Waals surface area contributed by atoms with Crippen LogP contribution in [-0.4, -0.2) is 42.8 Å². The highest BCUT2D eigenvalue weighted by Crippen LogP contribution is 2.41. The van der Waals surface area contributed by atoms with Gasteiger partial charge in [-0.2, -0.15) is 5.21 Å². The first-order valence-electron chi connectivity index (χ1n) is 13.3. The van der Waals surface area contributed by atoms with E-state index in [1.165, 1.54) is 0 Å². The molecule has 5 rings (SSSR count). The second kappa shape index (κ2) is 11.9. The van der Waals surface area contributed by atoms with Crippen LogP contribution in [0.2, 0.25) is 0 Å². The number of carbonyl (C=O) groups is 1. The summed E-state index contributed by atoms with van der Waals surface area (Å²) in [6.45, 7) is 6.91. The van der Waals surface area contributed by atoms with Gasteiger partial charge in [-0.3, -0.25) is 0 Å². The number of hydrogen-bond acceptors (Lipinski definition) is 7. The summed E-state index contributed by atoms with van der Waals surface area (Å²) in [5.74, 6) is 1.78. The zero-order valence-electron chi connectivity index (χ0n) is 22.3. The van der Waals surface area contributed by atoms with Crippen LogP contribution in [0.4, 0.5) is 0 Å². The maximum atomic E-state index is 13.1. The Hall–Kier alpha value is -3.79. The summed E-state index contributed by atoms with van der Waals surface area (Å²) >= 11 is 3.79. The highest BCUT2D eigenvalue weighted by Gasteiger charge is 2.24. The van der Waals surface area contributed by atoms with E-state index in [9.17, 15) is 4.79 Å². The Morgan fingerprint density at radius 2 is 1.90 bits per heavy atom. The first-order chi connectivity index (χ1) is 19.0. The van der Waals surface area contributed by atoms with Gasteiger partial charge >= 0.3 is 5.97 Å². The summed E-state index contributed by atoms with van der Waals surface area (Å²) in [4.78, 5) is 18.0. The Balaban J connectivity index is 1.57. The molecule has 10 heteroatoms. The molecule has 0 fully saturated rings. The van der Waals surface area contributed by atoms with Crippen molar-refractivity contribution in [2.75, 3.05) is 6.61 Å². The molecular formula is C29H31BrN6O3. The molecule has 9 nitrogen and oxygen atoms in total. The molecule has 0 aliphatic carbocycles. The topological polar surface area (TPSA) is 112 Å². The van der Waals surface area contributed by atoms with E-state index in [1.807, 2.05) is 47.9 Å². The number of benzene rings is 2. The minimum absolute atomic E-state index is 0.317. The minimum Gasteiger partial charge on any atom is -0.461 e. The molecule has 0 radical (unpaired) electrons. The van der Waals surface area contributed by atoms with Crippen LogP contribution in [-0.2, 0) is 24.1 Å². The van der Waals surface area contributed by atoms with E-state index in [2.05, 4.69) is 56.5 Å². The Kier molecular flexibility index (Phi) is 8.21. The molecular weight excluding hydrogens is 560 g/mol. The number of furan rings is 1. The molecule has 0 aliphatic heterocycles. The number of nitrogens with one attached hydrogen (secondary N) is 1.